The lowest BCUT2D eigenvalue weighted by Crippen LogP contribution is -2.54. The van der Waals surface area contributed by atoms with Gasteiger partial charge in [0.15, 0.2) is 5.11 Å². The van der Waals surface area contributed by atoms with Crippen molar-refractivity contribution in [3.05, 3.63) is 107 Å². The largest absolute Gasteiger partial charge is 0.342 e. The fraction of sp³-hybridized carbons (Fsp3) is 0.0741. The van der Waals surface area contributed by atoms with E-state index in [1.54, 1.807) is 12.1 Å². The number of amides is 2. The molecule has 162 valence electrons. The first-order chi connectivity index (χ1) is 16.0. The molecule has 1 saturated heterocycles. The standard InChI is InChI=1S/C27H21N3O2S/c1-18-8-7-11-21(14-18)30-26(32)23(25(31)28-27(30)33)15-20-17-29(16-19-9-3-2-4-10-19)24-13-6-5-12-22(20)24/h2-15,17H,16H2,1H3,(H,28,31,33)/b23-15+. The van der Waals surface area contributed by atoms with Crippen molar-refractivity contribution in [3.63, 3.8) is 0 Å². The summed E-state index contributed by atoms with van der Waals surface area (Å²) >= 11 is 5.32. The fourth-order valence-electron chi connectivity index (χ4n) is 4.12. The summed E-state index contributed by atoms with van der Waals surface area (Å²) in [6.07, 6.45) is 3.64. The Morgan fingerprint density at radius 1 is 0.939 bits per heavy atom. The van der Waals surface area contributed by atoms with Gasteiger partial charge in [-0.2, -0.15) is 0 Å². The molecule has 2 heterocycles. The van der Waals surface area contributed by atoms with Gasteiger partial charge in [-0.05, 0) is 54.5 Å². The summed E-state index contributed by atoms with van der Waals surface area (Å²) in [4.78, 5) is 27.5. The summed E-state index contributed by atoms with van der Waals surface area (Å²) in [6.45, 7) is 2.63. The molecular formula is C27H21N3O2S. The number of carbonyl (C=O) groups excluding carboxylic acids is 2. The molecule has 0 unspecified atom stereocenters. The Kier molecular flexibility index (Phi) is 5.36. The second-order valence-corrected chi connectivity index (χ2v) is 8.40. The minimum absolute atomic E-state index is 0.0488. The molecule has 1 aliphatic heterocycles. The summed E-state index contributed by atoms with van der Waals surface area (Å²) in [6, 6.07) is 25.6. The molecule has 1 aliphatic rings. The smallest absolute Gasteiger partial charge is 0.270 e. The molecule has 33 heavy (non-hydrogen) atoms. The van der Waals surface area contributed by atoms with Gasteiger partial charge in [0.2, 0.25) is 0 Å². The van der Waals surface area contributed by atoms with E-state index in [2.05, 4.69) is 22.0 Å². The number of nitrogens with zero attached hydrogens (tertiary/aromatic N) is 2. The quantitative estimate of drug-likeness (QED) is 0.275. The maximum absolute atomic E-state index is 13.4. The number of anilines is 1. The molecule has 5 rings (SSSR count). The van der Waals surface area contributed by atoms with Crippen LogP contribution in [0, 0.1) is 6.92 Å². The van der Waals surface area contributed by atoms with Crippen molar-refractivity contribution in [1.29, 1.82) is 0 Å². The topological polar surface area (TPSA) is 54.3 Å². The number of carbonyl (C=O) groups is 2. The molecule has 0 spiro atoms. The second kappa shape index (κ2) is 8.48. The highest BCUT2D eigenvalue weighted by molar-refractivity contribution is 7.80. The molecule has 4 aromatic rings. The number of thiocarbonyl (C=S) groups is 1. The van der Waals surface area contributed by atoms with E-state index in [0.717, 1.165) is 22.0 Å². The third-order valence-corrected chi connectivity index (χ3v) is 5.96. The molecule has 0 bridgehead atoms. The Morgan fingerprint density at radius 2 is 1.70 bits per heavy atom. The van der Waals surface area contributed by atoms with Crippen LogP contribution in [-0.2, 0) is 16.1 Å². The summed E-state index contributed by atoms with van der Waals surface area (Å²) in [5.41, 5.74) is 4.67. The highest BCUT2D eigenvalue weighted by atomic mass is 32.1. The molecule has 3 aromatic carbocycles. The number of hydrogen-bond acceptors (Lipinski definition) is 3. The molecule has 0 saturated carbocycles. The summed E-state index contributed by atoms with van der Waals surface area (Å²) in [7, 11) is 0. The molecule has 0 atom stereocenters. The van der Waals surface area contributed by atoms with Crippen LogP contribution >= 0.6 is 12.2 Å². The van der Waals surface area contributed by atoms with E-state index in [1.165, 1.54) is 10.5 Å². The van der Waals surface area contributed by atoms with E-state index in [9.17, 15) is 9.59 Å². The van der Waals surface area contributed by atoms with Crippen LogP contribution in [0.1, 0.15) is 16.7 Å². The number of aryl methyl sites for hydroxylation is 1. The van der Waals surface area contributed by atoms with Crippen LogP contribution < -0.4 is 10.2 Å². The van der Waals surface area contributed by atoms with Gasteiger partial charge in [0.05, 0.1) is 5.69 Å². The maximum Gasteiger partial charge on any atom is 0.270 e. The van der Waals surface area contributed by atoms with Crippen molar-refractivity contribution in [2.75, 3.05) is 4.90 Å². The van der Waals surface area contributed by atoms with E-state index >= 15 is 0 Å². The van der Waals surface area contributed by atoms with Crippen LogP contribution in [0.25, 0.3) is 17.0 Å². The van der Waals surface area contributed by atoms with Gasteiger partial charge in [-0.3, -0.25) is 19.8 Å². The zero-order valence-corrected chi connectivity index (χ0v) is 18.8. The number of fused-ring (bicyclic) bond motifs is 1. The van der Waals surface area contributed by atoms with Crippen molar-refractivity contribution in [2.24, 2.45) is 0 Å². The van der Waals surface area contributed by atoms with Crippen LogP contribution in [-0.4, -0.2) is 21.5 Å². The number of hydrogen-bond donors (Lipinski definition) is 1. The molecular weight excluding hydrogens is 430 g/mol. The molecule has 5 nitrogen and oxygen atoms in total. The molecule has 6 heteroatoms. The summed E-state index contributed by atoms with van der Waals surface area (Å²) in [5.74, 6) is -0.928. The van der Waals surface area contributed by atoms with E-state index in [4.69, 9.17) is 12.2 Å². The number of rotatable bonds is 4. The van der Waals surface area contributed by atoms with Gasteiger partial charge >= 0.3 is 0 Å². The predicted octanol–water partition coefficient (Wildman–Crippen LogP) is 4.83. The van der Waals surface area contributed by atoms with Crippen LogP contribution in [0.5, 0.6) is 0 Å². The molecule has 1 aromatic heterocycles. The van der Waals surface area contributed by atoms with Gasteiger partial charge in [-0.1, -0.05) is 60.7 Å². The maximum atomic E-state index is 13.4. The number of para-hydroxylation sites is 1. The van der Waals surface area contributed by atoms with Gasteiger partial charge in [0, 0.05) is 29.2 Å². The van der Waals surface area contributed by atoms with Crippen LogP contribution in [0.3, 0.4) is 0 Å². The zero-order chi connectivity index (χ0) is 22.9. The number of aromatic nitrogens is 1. The van der Waals surface area contributed by atoms with Crippen molar-refractivity contribution in [3.8, 4) is 0 Å². The average Bonchev–Trinajstić information content (AvgIpc) is 3.14. The predicted molar refractivity (Wildman–Crippen MR) is 135 cm³/mol. The Hall–Kier alpha value is -4.03. The first-order valence-electron chi connectivity index (χ1n) is 10.6. The lowest BCUT2D eigenvalue weighted by molar-refractivity contribution is -0.122. The van der Waals surface area contributed by atoms with E-state index < -0.39 is 11.8 Å². The first-order valence-corrected chi connectivity index (χ1v) is 11.0. The Balaban J connectivity index is 1.58. The van der Waals surface area contributed by atoms with Gasteiger partial charge < -0.3 is 4.57 Å². The lowest BCUT2D eigenvalue weighted by atomic mass is 10.1. The Morgan fingerprint density at radius 3 is 2.48 bits per heavy atom. The van der Waals surface area contributed by atoms with Gasteiger partial charge in [-0.25, -0.2) is 0 Å². The zero-order valence-electron chi connectivity index (χ0n) is 18.0. The second-order valence-electron chi connectivity index (χ2n) is 8.01. The van der Waals surface area contributed by atoms with Crippen molar-refractivity contribution < 1.29 is 9.59 Å². The third-order valence-electron chi connectivity index (χ3n) is 5.68. The lowest BCUT2D eigenvalue weighted by Gasteiger charge is -2.29. The molecule has 1 N–H and O–H groups in total. The first kappa shape index (κ1) is 20.8. The molecule has 0 radical (unpaired) electrons. The average molecular weight is 452 g/mol. The molecule has 1 fully saturated rings. The summed E-state index contributed by atoms with van der Waals surface area (Å²) in [5, 5.41) is 3.72. The normalized spacial score (nSPS) is 15.4. The van der Waals surface area contributed by atoms with Crippen LogP contribution in [0.15, 0.2) is 90.6 Å². The number of benzene rings is 3. The SMILES string of the molecule is Cc1cccc(N2C(=O)/C(=C/c3cn(Cc4ccccc4)c4ccccc34)C(=O)NC2=S)c1. The number of nitrogens with one attached hydrogen (secondary N) is 1. The molecule has 0 aliphatic carbocycles. The highest BCUT2D eigenvalue weighted by Gasteiger charge is 2.34. The third kappa shape index (κ3) is 3.97. The van der Waals surface area contributed by atoms with Crippen molar-refractivity contribution in [1.82, 2.24) is 9.88 Å². The van der Waals surface area contributed by atoms with Gasteiger partial charge in [0.1, 0.15) is 5.57 Å². The van der Waals surface area contributed by atoms with Gasteiger partial charge in [-0.15, -0.1) is 0 Å². The fourth-order valence-corrected chi connectivity index (χ4v) is 4.40. The van der Waals surface area contributed by atoms with E-state index in [1.807, 2.05) is 73.8 Å². The van der Waals surface area contributed by atoms with E-state index in [-0.39, 0.29) is 10.7 Å². The van der Waals surface area contributed by atoms with Gasteiger partial charge in [0.25, 0.3) is 11.8 Å². The Labute approximate surface area is 196 Å². The monoisotopic (exact) mass is 451 g/mol. The minimum atomic E-state index is -0.492. The van der Waals surface area contributed by atoms with E-state index in [0.29, 0.717) is 12.2 Å². The summed E-state index contributed by atoms with van der Waals surface area (Å²) < 4.78 is 2.13. The highest BCUT2D eigenvalue weighted by Crippen LogP contribution is 2.27. The minimum Gasteiger partial charge on any atom is -0.342 e. The van der Waals surface area contributed by atoms with Crippen molar-refractivity contribution >= 4 is 51.8 Å². The van der Waals surface area contributed by atoms with Crippen LogP contribution in [0.4, 0.5) is 5.69 Å². The molecule has 2 amide bonds. The van der Waals surface area contributed by atoms with Crippen molar-refractivity contribution in [2.45, 2.75) is 13.5 Å². The Bertz CT molecular complexity index is 1440. The van der Waals surface area contributed by atoms with Crippen LogP contribution in [0.2, 0.25) is 0 Å².